The van der Waals surface area contributed by atoms with Gasteiger partial charge >= 0.3 is 5.97 Å². The Kier molecular flexibility index (Phi) is 6.26. The number of thioether (sulfide) groups is 1. The van der Waals surface area contributed by atoms with Crippen LogP contribution in [0.5, 0.6) is 0 Å². The van der Waals surface area contributed by atoms with Crippen molar-refractivity contribution in [1.82, 2.24) is 0 Å². The van der Waals surface area contributed by atoms with Crippen LogP contribution >= 0.6 is 35.0 Å². The molecule has 0 amide bonds. The second-order valence-corrected chi connectivity index (χ2v) is 7.41. The van der Waals surface area contributed by atoms with Gasteiger partial charge in [-0.05, 0) is 55.0 Å². The molecule has 0 spiro atoms. The molecule has 0 bridgehead atoms. The molecule has 0 fully saturated rings. The first-order valence-electron chi connectivity index (χ1n) is 8.08. The molecule has 4 nitrogen and oxygen atoms in total. The summed E-state index contributed by atoms with van der Waals surface area (Å²) in [7, 11) is 0. The molecule has 1 N–H and O–H groups in total. The molecular formula is C20H15Cl2NO3S. The number of benzene rings is 2. The summed E-state index contributed by atoms with van der Waals surface area (Å²) >= 11 is 13.1. The van der Waals surface area contributed by atoms with Crippen molar-refractivity contribution < 1.29 is 14.6 Å². The predicted octanol–water partition coefficient (Wildman–Crippen LogP) is 6.19. The molecule has 27 heavy (non-hydrogen) atoms. The number of hydrogen-bond acceptors (Lipinski definition) is 5. The van der Waals surface area contributed by atoms with Crippen LogP contribution in [0.4, 0.5) is 5.69 Å². The van der Waals surface area contributed by atoms with E-state index >= 15 is 0 Å². The molecule has 1 aliphatic heterocycles. The number of rotatable bonds is 4. The van der Waals surface area contributed by atoms with Gasteiger partial charge in [-0.1, -0.05) is 47.1 Å². The van der Waals surface area contributed by atoms with Gasteiger partial charge in [0.15, 0.2) is 0 Å². The van der Waals surface area contributed by atoms with Gasteiger partial charge in [-0.2, -0.15) is 0 Å². The number of carbonyl (C=O) groups excluding carboxylic acids is 1. The van der Waals surface area contributed by atoms with Gasteiger partial charge < -0.3 is 9.84 Å². The van der Waals surface area contributed by atoms with E-state index in [1.54, 1.807) is 49.4 Å². The Bertz CT molecular complexity index is 965. The molecule has 1 aliphatic rings. The maximum atomic E-state index is 12.4. The number of aliphatic hydroxyl groups excluding tert-OH is 1. The van der Waals surface area contributed by atoms with E-state index in [9.17, 15) is 9.90 Å². The van der Waals surface area contributed by atoms with Crippen LogP contribution in [-0.4, -0.2) is 22.7 Å². The Hall–Kier alpha value is -2.21. The van der Waals surface area contributed by atoms with Crippen molar-refractivity contribution in [2.75, 3.05) is 6.61 Å². The van der Waals surface area contributed by atoms with Crippen molar-refractivity contribution in [2.24, 2.45) is 4.99 Å². The Balaban J connectivity index is 2.03. The summed E-state index contributed by atoms with van der Waals surface area (Å²) in [6.45, 7) is 1.90. The lowest BCUT2D eigenvalue weighted by Crippen LogP contribution is -2.12. The van der Waals surface area contributed by atoms with Crippen LogP contribution < -0.4 is 0 Å². The predicted molar refractivity (Wildman–Crippen MR) is 112 cm³/mol. The van der Waals surface area contributed by atoms with Crippen molar-refractivity contribution in [1.29, 1.82) is 0 Å². The topological polar surface area (TPSA) is 58.9 Å². The van der Waals surface area contributed by atoms with Crippen LogP contribution in [0.15, 0.2) is 69.8 Å². The summed E-state index contributed by atoms with van der Waals surface area (Å²) in [5.74, 6) is -0.782. The number of hydrogen-bond donors (Lipinski definition) is 1. The number of nitrogens with zero attached hydrogens (tertiary/aromatic N) is 1. The second kappa shape index (κ2) is 8.65. The largest absolute Gasteiger partial charge is 0.506 e. The van der Waals surface area contributed by atoms with Crippen LogP contribution in [0.2, 0.25) is 10.0 Å². The highest BCUT2D eigenvalue weighted by molar-refractivity contribution is 8.18. The minimum Gasteiger partial charge on any atom is -0.506 e. The third kappa shape index (κ3) is 4.75. The zero-order chi connectivity index (χ0) is 19.4. The molecule has 7 heteroatoms. The Morgan fingerprint density at radius 3 is 2.59 bits per heavy atom. The van der Waals surface area contributed by atoms with Gasteiger partial charge in [0.25, 0.3) is 0 Å². The minimum absolute atomic E-state index is 0.0464. The van der Waals surface area contributed by atoms with Gasteiger partial charge in [0, 0.05) is 10.0 Å². The maximum Gasteiger partial charge on any atom is 0.344 e. The van der Waals surface area contributed by atoms with E-state index in [1.807, 2.05) is 12.1 Å². The first kappa shape index (κ1) is 19.5. The van der Waals surface area contributed by atoms with E-state index in [0.717, 1.165) is 5.56 Å². The summed E-state index contributed by atoms with van der Waals surface area (Å²) in [6.07, 6.45) is 1.75. The lowest BCUT2D eigenvalue weighted by atomic mass is 10.1. The van der Waals surface area contributed by atoms with E-state index in [0.29, 0.717) is 25.7 Å². The molecule has 2 aromatic carbocycles. The average Bonchev–Trinajstić information content (AvgIpc) is 2.92. The fourth-order valence-electron chi connectivity index (χ4n) is 2.37. The summed E-state index contributed by atoms with van der Waals surface area (Å²) < 4.78 is 5.08. The van der Waals surface area contributed by atoms with Crippen LogP contribution in [0, 0.1) is 0 Å². The Morgan fingerprint density at radius 2 is 1.93 bits per heavy atom. The van der Waals surface area contributed by atoms with Crippen molar-refractivity contribution in [2.45, 2.75) is 6.92 Å². The average molecular weight is 420 g/mol. The minimum atomic E-state index is -0.621. The van der Waals surface area contributed by atoms with Gasteiger partial charge in [0.05, 0.1) is 17.2 Å². The molecule has 0 aliphatic carbocycles. The van der Waals surface area contributed by atoms with E-state index in [1.165, 1.54) is 11.8 Å². The van der Waals surface area contributed by atoms with Crippen LogP contribution in [-0.2, 0) is 9.53 Å². The quantitative estimate of drug-likeness (QED) is 0.600. The lowest BCUT2D eigenvalue weighted by molar-refractivity contribution is -0.138. The summed E-state index contributed by atoms with van der Waals surface area (Å²) in [6, 6.07) is 14.1. The SMILES string of the molecule is CCOC(=O)C1=C(O)/C(=C/c2cccc(Cl)c2)SC1=Nc1ccc(Cl)cc1. The maximum absolute atomic E-state index is 12.4. The molecule has 3 rings (SSSR count). The molecular weight excluding hydrogens is 405 g/mol. The zero-order valence-electron chi connectivity index (χ0n) is 14.3. The standard InChI is InChI=1S/C20H15Cl2NO3S/c1-2-26-20(25)17-18(24)16(11-12-4-3-5-14(22)10-12)27-19(17)23-15-8-6-13(21)7-9-15/h3-11,24H,2H2,1H3/b16-11-,23-19?. The van der Waals surface area contributed by atoms with Crippen molar-refractivity contribution >= 4 is 57.7 Å². The summed E-state index contributed by atoms with van der Waals surface area (Å²) in [4.78, 5) is 17.3. The molecule has 0 aromatic heterocycles. The molecule has 0 unspecified atom stereocenters. The fourth-order valence-corrected chi connectivity index (χ4v) is 3.73. The number of halogens is 2. The summed E-state index contributed by atoms with van der Waals surface area (Å²) in [5.41, 5.74) is 1.46. The third-order valence-corrected chi connectivity index (χ3v) is 5.08. The van der Waals surface area contributed by atoms with E-state index in [4.69, 9.17) is 27.9 Å². The third-order valence-electron chi connectivity index (χ3n) is 3.57. The second-order valence-electron chi connectivity index (χ2n) is 5.50. The molecule has 138 valence electrons. The van der Waals surface area contributed by atoms with Crippen LogP contribution in [0.3, 0.4) is 0 Å². The molecule has 2 aromatic rings. The Labute approximate surface area is 171 Å². The first-order chi connectivity index (χ1) is 13.0. The van der Waals surface area contributed by atoms with Crippen molar-refractivity contribution in [3.63, 3.8) is 0 Å². The highest BCUT2D eigenvalue weighted by atomic mass is 35.5. The lowest BCUT2D eigenvalue weighted by Gasteiger charge is -2.03. The molecule has 0 atom stereocenters. The summed E-state index contributed by atoms with van der Waals surface area (Å²) in [5, 5.41) is 12.2. The fraction of sp³-hybridized carbons (Fsp3) is 0.100. The smallest absolute Gasteiger partial charge is 0.344 e. The Morgan fingerprint density at radius 1 is 1.19 bits per heavy atom. The molecule has 0 radical (unpaired) electrons. The van der Waals surface area contributed by atoms with E-state index in [-0.39, 0.29) is 17.9 Å². The zero-order valence-corrected chi connectivity index (χ0v) is 16.6. The van der Waals surface area contributed by atoms with Crippen LogP contribution in [0.1, 0.15) is 12.5 Å². The van der Waals surface area contributed by atoms with Gasteiger partial charge in [0.1, 0.15) is 16.4 Å². The van der Waals surface area contributed by atoms with Crippen molar-refractivity contribution in [3.05, 3.63) is 80.4 Å². The van der Waals surface area contributed by atoms with E-state index in [2.05, 4.69) is 4.99 Å². The van der Waals surface area contributed by atoms with Gasteiger partial charge in [-0.3, -0.25) is 0 Å². The molecule has 0 saturated carbocycles. The number of aliphatic imine (C=N–C) groups is 1. The first-order valence-corrected chi connectivity index (χ1v) is 9.65. The number of aliphatic hydroxyl groups is 1. The van der Waals surface area contributed by atoms with E-state index < -0.39 is 5.97 Å². The number of ether oxygens (including phenoxy) is 1. The number of esters is 1. The van der Waals surface area contributed by atoms with Crippen LogP contribution in [0.25, 0.3) is 6.08 Å². The van der Waals surface area contributed by atoms with Crippen molar-refractivity contribution in [3.8, 4) is 0 Å². The number of carbonyl (C=O) groups is 1. The monoisotopic (exact) mass is 419 g/mol. The van der Waals surface area contributed by atoms with Gasteiger partial charge in [-0.25, -0.2) is 9.79 Å². The highest BCUT2D eigenvalue weighted by Gasteiger charge is 2.33. The molecule has 0 saturated heterocycles. The van der Waals surface area contributed by atoms with Gasteiger partial charge in [0.2, 0.25) is 0 Å². The van der Waals surface area contributed by atoms with Gasteiger partial charge in [-0.15, -0.1) is 0 Å². The normalized spacial score (nSPS) is 17.0. The molecule has 1 heterocycles. The highest BCUT2D eigenvalue weighted by Crippen LogP contribution is 2.40.